The molecule has 30 heavy (non-hydrogen) atoms. The zero-order chi connectivity index (χ0) is 21.2. The molecule has 0 aliphatic carbocycles. The fourth-order valence-electron chi connectivity index (χ4n) is 4.53. The molecule has 0 spiro atoms. The number of benzene rings is 2. The van der Waals surface area contributed by atoms with E-state index >= 15 is 0 Å². The first-order valence-electron chi connectivity index (χ1n) is 11.5. The molecule has 2 atom stereocenters. The molecule has 1 aliphatic heterocycles. The van der Waals surface area contributed by atoms with Crippen LogP contribution in [0.3, 0.4) is 0 Å². The van der Waals surface area contributed by atoms with Gasteiger partial charge in [-0.2, -0.15) is 0 Å². The van der Waals surface area contributed by atoms with Crippen LogP contribution in [-0.2, 0) is 10.3 Å². The van der Waals surface area contributed by atoms with E-state index in [0.717, 1.165) is 56.8 Å². The SMILES string of the molecule is CCCCCCC[C@](O)(c1ccc(O)cc1)[C@@H](CN1CCOCC1)c1ccccc1. The summed E-state index contributed by atoms with van der Waals surface area (Å²) in [5.74, 6) is 0.181. The van der Waals surface area contributed by atoms with Gasteiger partial charge in [0, 0.05) is 25.6 Å². The maximum absolute atomic E-state index is 12.2. The topological polar surface area (TPSA) is 52.9 Å². The summed E-state index contributed by atoms with van der Waals surface area (Å²) < 4.78 is 5.54. The Balaban J connectivity index is 1.90. The Kier molecular flexibility index (Phi) is 8.74. The lowest BCUT2D eigenvalue weighted by Gasteiger charge is -2.41. The second-order valence-corrected chi connectivity index (χ2v) is 8.51. The molecular weight excluding hydrogens is 374 g/mol. The number of nitrogens with zero attached hydrogens (tertiary/aromatic N) is 1. The molecule has 0 bridgehead atoms. The van der Waals surface area contributed by atoms with Gasteiger partial charge in [-0.25, -0.2) is 0 Å². The van der Waals surface area contributed by atoms with Crippen molar-refractivity contribution in [2.45, 2.75) is 57.0 Å². The normalized spacial score (nSPS) is 18.1. The Labute approximate surface area is 181 Å². The van der Waals surface area contributed by atoms with Gasteiger partial charge >= 0.3 is 0 Å². The minimum atomic E-state index is -0.987. The van der Waals surface area contributed by atoms with E-state index in [1.54, 1.807) is 12.1 Å². The lowest BCUT2D eigenvalue weighted by Crippen LogP contribution is -2.45. The van der Waals surface area contributed by atoms with Crippen molar-refractivity contribution in [2.24, 2.45) is 0 Å². The number of phenols is 1. The van der Waals surface area contributed by atoms with Crippen LogP contribution in [0.15, 0.2) is 54.6 Å². The van der Waals surface area contributed by atoms with Crippen LogP contribution in [0, 0.1) is 0 Å². The van der Waals surface area contributed by atoms with Crippen molar-refractivity contribution in [1.82, 2.24) is 4.90 Å². The molecule has 4 heteroatoms. The third-order valence-corrected chi connectivity index (χ3v) is 6.35. The molecular formula is C26H37NO3. The van der Waals surface area contributed by atoms with Gasteiger partial charge in [-0.05, 0) is 29.7 Å². The summed E-state index contributed by atoms with van der Waals surface area (Å²) in [7, 11) is 0. The maximum atomic E-state index is 12.2. The van der Waals surface area contributed by atoms with Gasteiger partial charge in [0.15, 0.2) is 0 Å². The number of hydrogen-bond donors (Lipinski definition) is 2. The van der Waals surface area contributed by atoms with E-state index in [4.69, 9.17) is 4.74 Å². The Morgan fingerprint density at radius 3 is 2.27 bits per heavy atom. The Bertz CT molecular complexity index is 728. The van der Waals surface area contributed by atoms with E-state index in [1.807, 2.05) is 18.2 Å². The number of hydrogen-bond acceptors (Lipinski definition) is 4. The molecule has 2 aromatic carbocycles. The number of phenolic OH excluding ortho intramolecular Hbond substituents is 1. The van der Waals surface area contributed by atoms with Crippen molar-refractivity contribution in [3.8, 4) is 5.75 Å². The van der Waals surface area contributed by atoms with Crippen molar-refractivity contribution in [3.05, 3.63) is 65.7 Å². The summed E-state index contributed by atoms with van der Waals surface area (Å²) in [5, 5.41) is 22.0. The first-order chi connectivity index (χ1) is 14.6. The molecule has 2 N–H and O–H groups in total. The third kappa shape index (κ3) is 6.07. The molecule has 2 aromatic rings. The van der Waals surface area contributed by atoms with Gasteiger partial charge in [-0.15, -0.1) is 0 Å². The smallest absolute Gasteiger partial charge is 0.115 e. The predicted octanol–water partition coefficient (Wildman–Crippen LogP) is 5.06. The molecule has 0 amide bonds. The van der Waals surface area contributed by atoms with Gasteiger partial charge in [-0.1, -0.05) is 81.5 Å². The zero-order valence-corrected chi connectivity index (χ0v) is 18.3. The van der Waals surface area contributed by atoms with Crippen molar-refractivity contribution < 1.29 is 14.9 Å². The molecule has 0 radical (unpaired) electrons. The molecule has 1 heterocycles. The number of aromatic hydroxyl groups is 1. The van der Waals surface area contributed by atoms with E-state index in [1.165, 1.54) is 19.3 Å². The highest BCUT2D eigenvalue weighted by molar-refractivity contribution is 5.35. The van der Waals surface area contributed by atoms with Gasteiger partial charge in [0.25, 0.3) is 0 Å². The van der Waals surface area contributed by atoms with Gasteiger partial charge in [-0.3, -0.25) is 4.90 Å². The summed E-state index contributed by atoms with van der Waals surface area (Å²) in [5.41, 5.74) is 1.06. The van der Waals surface area contributed by atoms with Gasteiger partial charge in [0.1, 0.15) is 5.75 Å². The average Bonchev–Trinajstić information content (AvgIpc) is 2.79. The van der Waals surface area contributed by atoms with Crippen LogP contribution in [0.2, 0.25) is 0 Å². The first-order valence-corrected chi connectivity index (χ1v) is 11.5. The van der Waals surface area contributed by atoms with Crippen LogP contribution in [0.1, 0.15) is 62.5 Å². The minimum Gasteiger partial charge on any atom is -0.508 e. The summed E-state index contributed by atoms with van der Waals surface area (Å²) in [6, 6.07) is 17.6. The highest BCUT2D eigenvalue weighted by atomic mass is 16.5. The van der Waals surface area contributed by atoms with Crippen LogP contribution in [-0.4, -0.2) is 48.0 Å². The highest BCUT2D eigenvalue weighted by Gasteiger charge is 2.40. The van der Waals surface area contributed by atoms with Crippen molar-refractivity contribution in [1.29, 1.82) is 0 Å². The van der Waals surface area contributed by atoms with Crippen LogP contribution in [0.5, 0.6) is 5.75 Å². The molecule has 1 aliphatic rings. The average molecular weight is 412 g/mol. The number of aliphatic hydroxyl groups is 1. The number of unbranched alkanes of at least 4 members (excludes halogenated alkanes) is 4. The molecule has 0 unspecified atom stereocenters. The molecule has 0 saturated carbocycles. The predicted molar refractivity (Wildman–Crippen MR) is 122 cm³/mol. The van der Waals surface area contributed by atoms with E-state index in [9.17, 15) is 10.2 Å². The molecule has 1 fully saturated rings. The molecule has 0 aromatic heterocycles. The van der Waals surface area contributed by atoms with Crippen molar-refractivity contribution in [2.75, 3.05) is 32.8 Å². The van der Waals surface area contributed by atoms with E-state index in [0.29, 0.717) is 6.42 Å². The fourth-order valence-corrected chi connectivity index (χ4v) is 4.53. The Hall–Kier alpha value is -1.88. The van der Waals surface area contributed by atoms with Gasteiger partial charge in [0.05, 0.1) is 18.8 Å². The quantitative estimate of drug-likeness (QED) is 0.508. The lowest BCUT2D eigenvalue weighted by molar-refractivity contribution is -0.0296. The Morgan fingerprint density at radius 2 is 1.60 bits per heavy atom. The van der Waals surface area contributed by atoms with E-state index in [2.05, 4.69) is 36.1 Å². The summed E-state index contributed by atoms with van der Waals surface area (Å²) in [4.78, 5) is 2.41. The zero-order valence-electron chi connectivity index (χ0n) is 18.3. The van der Waals surface area contributed by atoms with Crippen LogP contribution < -0.4 is 0 Å². The molecule has 1 saturated heterocycles. The van der Waals surface area contributed by atoms with Gasteiger partial charge in [0.2, 0.25) is 0 Å². The van der Waals surface area contributed by atoms with Gasteiger partial charge < -0.3 is 14.9 Å². The van der Waals surface area contributed by atoms with Crippen molar-refractivity contribution in [3.63, 3.8) is 0 Å². The van der Waals surface area contributed by atoms with Crippen molar-refractivity contribution >= 4 is 0 Å². The molecule has 3 rings (SSSR count). The van der Waals surface area contributed by atoms with Crippen LogP contribution in [0.4, 0.5) is 0 Å². The number of morpholine rings is 1. The summed E-state index contributed by atoms with van der Waals surface area (Å²) in [6.07, 6.45) is 6.50. The largest absolute Gasteiger partial charge is 0.508 e. The fraction of sp³-hybridized carbons (Fsp3) is 0.538. The molecule has 4 nitrogen and oxygen atoms in total. The summed E-state index contributed by atoms with van der Waals surface area (Å²) >= 11 is 0. The lowest BCUT2D eigenvalue weighted by atomic mass is 9.74. The maximum Gasteiger partial charge on any atom is 0.115 e. The van der Waals surface area contributed by atoms with Crippen LogP contribution >= 0.6 is 0 Å². The first kappa shape index (κ1) is 22.8. The number of ether oxygens (including phenoxy) is 1. The standard InChI is InChI=1S/C26H37NO3/c1-2-3-4-5-9-16-26(29,23-12-14-24(28)15-13-23)25(22-10-7-6-8-11-22)21-27-17-19-30-20-18-27/h6-8,10-15,25,28-29H,2-5,9,16-21H2,1H3/t25-,26-/m0/s1. The number of rotatable bonds is 11. The minimum absolute atomic E-state index is 0.0486. The second-order valence-electron chi connectivity index (χ2n) is 8.51. The van der Waals surface area contributed by atoms with E-state index < -0.39 is 5.60 Å². The Morgan fingerprint density at radius 1 is 0.933 bits per heavy atom. The second kappa shape index (κ2) is 11.5. The summed E-state index contributed by atoms with van der Waals surface area (Å²) in [6.45, 7) is 6.30. The monoisotopic (exact) mass is 411 g/mol. The third-order valence-electron chi connectivity index (χ3n) is 6.35. The highest BCUT2D eigenvalue weighted by Crippen LogP contribution is 2.42. The van der Waals surface area contributed by atoms with E-state index in [-0.39, 0.29) is 11.7 Å². The van der Waals surface area contributed by atoms with Crippen LogP contribution in [0.25, 0.3) is 0 Å². The molecule has 164 valence electrons.